The highest BCUT2D eigenvalue weighted by Crippen LogP contribution is 2.26. The lowest BCUT2D eigenvalue weighted by Crippen LogP contribution is -2.04. The van der Waals surface area contributed by atoms with Crippen molar-refractivity contribution in [2.24, 2.45) is 0 Å². The van der Waals surface area contributed by atoms with Gasteiger partial charge < -0.3 is 10.1 Å². The summed E-state index contributed by atoms with van der Waals surface area (Å²) in [6.07, 6.45) is 0. The molecule has 112 valence electrons. The van der Waals surface area contributed by atoms with E-state index >= 15 is 0 Å². The van der Waals surface area contributed by atoms with Gasteiger partial charge in [-0.05, 0) is 28.9 Å². The molecule has 0 saturated carbocycles. The van der Waals surface area contributed by atoms with Crippen molar-refractivity contribution in [3.8, 4) is 0 Å². The number of benzene rings is 1. The van der Waals surface area contributed by atoms with Crippen molar-refractivity contribution < 1.29 is 13.5 Å². The maximum Gasteiger partial charge on any atom is 0.158 e. The molecule has 1 aromatic carbocycles. The van der Waals surface area contributed by atoms with Crippen molar-refractivity contribution in [3.63, 3.8) is 0 Å². The van der Waals surface area contributed by atoms with E-state index in [9.17, 15) is 8.78 Å². The Kier molecular flexibility index (Phi) is 5.44. The van der Waals surface area contributed by atoms with Crippen molar-refractivity contribution in [3.05, 3.63) is 45.3 Å². The Bertz CT molecular complexity index is 658. The molecule has 8 heteroatoms. The molecule has 21 heavy (non-hydrogen) atoms. The predicted octanol–water partition coefficient (Wildman–Crippen LogP) is 4.45. The van der Waals surface area contributed by atoms with Crippen LogP contribution in [0, 0.1) is 11.6 Å². The van der Waals surface area contributed by atoms with E-state index in [1.54, 1.807) is 0 Å². The zero-order chi connectivity index (χ0) is 15.4. The second-order valence-electron chi connectivity index (χ2n) is 4.00. The van der Waals surface area contributed by atoms with Crippen LogP contribution in [0.3, 0.4) is 0 Å². The van der Waals surface area contributed by atoms with E-state index in [1.807, 2.05) is 6.92 Å². The number of nitrogens with one attached hydrogen (secondary N) is 1. The molecule has 0 spiro atoms. The molecule has 0 aliphatic carbocycles. The minimum atomic E-state index is -0.621. The molecule has 0 bridgehead atoms. The van der Waals surface area contributed by atoms with Gasteiger partial charge in [0.2, 0.25) is 0 Å². The summed E-state index contributed by atoms with van der Waals surface area (Å²) in [5.74, 6) is -0.604. The number of rotatable bonds is 5. The summed E-state index contributed by atoms with van der Waals surface area (Å²) in [6, 6.07) is 3.47. The van der Waals surface area contributed by atoms with Crippen LogP contribution in [0.4, 0.5) is 20.3 Å². The maximum atomic E-state index is 13.8. The monoisotopic (exact) mass is 377 g/mol. The highest BCUT2D eigenvalue weighted by Gasteiger charge is 2.10. The number of nitrogens with zero attached hydrogens (tertiary/aromatic N) is 2. The average Bonchev–Trinajstić information content (AvgIpc) is 2.42. The standard InChI is InChI=1S/C13H11BrClF2N3O/c1-2-21-6-13-19-11(15)5-12(20-13)18-10-4-8(16)7(14)3-9(10)17/h3-5H,2,6H2,1H3,(H,18,19,20). The molecule has 1 N–H and O–H groups in total. The third-order valence-corrected chi connectivity index (χ3v) is 3.25. The highest BCUT2D eigenvalue weighted by molar-refractivity contribution is 9.10. The van der Waals surface area contributed by atoms with E-state index in [4.69, 9.17) is 16.3 Å². The van der Waals surface area contributed by atoms with Crippen molar-refractivity contribution in [1.29, 1.82) is 0 Å². The van der Waals surface area contributed by atoms with Crippen LogP contribution in [0.15, 0.2) is 22.7 Å². The summed E-state index contributed by atoms with van der Waals surface area (Å²) < 4.78 is 32.4. The summed E-state index contributed by atoms with van der Waals surface area (Å²) in [6.45, 7) is 2.53. The highest BCUT2D eigenvalue weighted by atomic mass is 79.9. The molecule has 2 aromatic rings. The maximum absolute atomic E-state index is 13.8. The van der Waals surface area contributed by atoms with Gasteiger partial charge in [-0.3, -0.25) is 0 Å². The van der Waals surface area contributed by atoms with Gasteiger partial charge in [0, 0.05) is 18.7 Å². The van der Waals surface area contributed by atoms with E-state index in [2.05, 4.69) is 31.2 Å². The average molecular weight is 379 g/mol. The SMILES string of the molecule is CCOCc1nc(Cl)cc(Nc2cc(F)c(Br)cc2F)n1. The molecular formula is C13H11BrClF2N3O. The topological polar surface area (TPSA) is 47.0 Å². The van der Waals surface area contributed by atoms with Crippen molar-refractivity contribution in [2.45, 2.75) is 13.5 Å². The lowest BCUT2D eigenvalue weighted by Gasteiger charge is -2.09. The van der Waals surface area contributed by atoms with E-state index in [0.717, 1.165) is 12.1 Å². The van der Waals surface area contributed by atoms with Crippen LogP contribution < -0.4 is 5.32 Å². The summed E-state index contributed by atoms with van der Waals surface area (Å²) in [5, 5.41) is 2.85. The second kappa shape index (κ2) is 7.11. The number of ether oxygens (including phenoxy) is 1. The Morgan fingerprint density at radius 3 is 2.71 bits per heavy atom. The zero-order valence-electron chi connectivity index (χ0n) is 11.0. The molecule has 0 atom stereocenters. The minimum absolute atomic E-state index is 0.0447. The van der Waals surface area contributed by atoms with Crippen molar-refractivity contribution >= 4 is 39.0 Å². The molecule has 0 unspecified atom stereocenters. The van der Waals surface area contributed by atoms with Crippen LogP contribution in [0.2, 0.25) is 5.15 Å². The molecule has 0 radical (unpaired) electrons. The normalized spacial score (nSPS) is 10.7. The first-order chi connectivity index (χ1) is 9.99. The van der Waals surface area contributed by atoms with E-state index in [0.29, 0.717) is 12.4 Å². The Morgan fingerprint density at radius 1 is 1.24 bits per heavy atom. The molecule has 2 rings (SSSR count). The van der Waals surface area contributed by atoms with Crippen LogP contribution in [0.25, 0.3) is 0 Å². The molecular weight excluding hydrogens is 368 g/mol. The number of aromatic nitrogens is 2. The van der Waals surface area contributed by atoms with Gasteiger partial charge in [0.15, 0.2) is 5.82 Å². The Morgan fingerprint density at radius 2 is 2.00 bits per heavy atom. The summed E-state index contributed by atoms with van der Waals surface area (Å²) in [5.41, 5.74) is -0.0483. The van der Waals surface area contributed by atoms with Gasteiger partial charge in [0.1, 0.15) is 29.2 Å². The first kappa shape index (κ1) is 16.1. The Balaban J connectivity index is 2.27. The Labute approximate surface area is 133 Å². The van der Waals surface area contributed by atoms with Gasteiger partial charge in [0.05, 0.1) is 10.2 Å². The molecule has 4 nitrogen and oxygen atoms in total. The van der Waals surface area contributed by atoms with Gasteiger partial charge >= 0.3 is 0 Å². The fourth-order valence-electron chi connectivity index (χ4n) is 1.54. The lowest BCUT2D eigenvalue weighted by molar-refractivity contribution is 0.128. The van der Waals surface area contributed by atoms with Crippen LogP contribution >= 0.6 is 27.5 Å². The minimum Gasteiger partial charge on any atom is -0.374 e. The Hall–Kier alpha value is -1.31. The second-order valence-corrected chi connectivity index (χ2v) is 5.24. The van der Waals surface area contributed by atoms with Crippen molar-refractivity contribution in [1.82, 2.24) is 9.97 Å². The number of anilines is 2. The van der Waals surface area contributed by atoms with E-state index in [-0.39, 0.29) is 27.7 Å². The molecule has 0 amide bonds. The van der Waals surface area contributed by atoms with Gasteiger partial charge in [-0.15, -0.1) is 0 Å². The van der Waals surface area contributed by atoms with Gasteiger partial charge in [0.25, 0.3) is 0 Å². The first-order valence-corrected chi connectivity index (χ1v) is 7.19. The third-order valence-electron chi connectivity index (χ3n) is 2.45. The van der Waals surface area contributed by atoms with Gasteiger partial charge in [-0.25, -0.2) is 18.7 Å². The van der Waals surface area contributed by atoms with Crippen molar-refractivity contribution in [2.75, 3.05) is 11.9 Å². The van der Waals surface area contributed by atoms with Crippen LogP contribution in [-0.2, 0) is 11.3 Å². The molecule has 0 saturated heterocycles. The van der Waals surface area contributed by atoms with E-state index < -0.39 is 11.6 Å². The van der Waals surface area contributed by atoms with E-state index in [1.165, 1.54) is 6.07 Å². The summed E-state index contributed by atoms with van der Waals surface area (Å²) >= 11 is 8.78. The largest absolute Gasteiger partial charge is 0.374 e. The van der Waals surface area contributed by atoms with Crippen LogP contribution in [-0.4, -0.2) is 16.6 Å². The number of hydrogen-bond acceptors (Lipinski definition) is 4. The molecule has 0 fully saturated rings. The third kappa shape index (κ3) is 4.33. The fourth-order valence-corrected chi connectivity index (χ4v) is 2.06. The summed E-state index contributed by atoms with van der Waals surface area (Å²) in [4.78, 5) is 8.11. The molecule has 0 aliphatic rings. The molecule has 1 aromatic heterocycles. The van der Waals surface area contributed by atoms with Gasteiger partial charge in [-0.2, -0.15) is 0 Å². The predicted molar refractivity (Wildman–Crippen MR) is 79.7 cm³/mol. The number of hydrogen-bond donors (Lipinski definition) is 1. The number of halogens is 4. The van der Waals surface area contributed by atoms with Crippen LogP contribution in [0.5, 0.6) is 0 Å². The first-order valence-electron chi connectivity index (χ1n) is 6.02. The van der Waals surface area contributed by atoms with Gasteiger partial charge in [-0.1, -0.05) is 11.6 Å². The smallest absolute Gasteiger partial charge is 0.158 e. The summed E-state index contributed by atoms with van der Waals surface area (Å²) in [7, 11) is 0. The zero-order valence-corrected chi connectivity index (χ0v) is 13.3. The quantitative estimate of drug-likeness (QED) is 0.617. The molecule has 1 heterocycles. The molecule has 0 aliphatic heterocycles. The lowest BCUT2D eigenvalue weighted by atomic mass is 10.3. The van der Waals surface area contributed by atoms with Crippen LogP contribution in [0.1, 0.15) is 12.7 Å². The fraction of sp³-hybridized carbons (Fsp3) is 0.231.